The van der Waals surface area contributed by atoms with Crippen molar-refractivity contribution in [1.29, 1.82) is 0 Å². The summed E-state index contributed by atoms with van der Waals surface area (Å²) in [4.78, 5) is 0. The third-order valence-electron chi connectivity index (χ3n) is 3.23. The number of rotatable bonds is 6. The molecular formula is C16H18BrClN2. The van der Waals surface area contributed by atoms with Crippen molar-refractivity contribution in [3.8, 4) is 0 Å². The predicted molar refractivity (Wildman–Crippen MR) is 89.1 cm³/mol. The van der Waals surface area contributed by atoms with E-state index in [0.717, 1.165) is 22.5 Å². The van der Waals surface area contributed by atoms with Crippen molar-refractivity contribution >= 4 is 27.5 Å². The Balaban J connectivity index is 1.87. The van der Waals surface area contributed by atoms with Gasteiger partial charge in [-0.2, -0.15) is 0 Å². The Hall–Kier alpha value is -0.870. The van der Waals surface area contributed by atoms with Gasteiger partial charge in [0.1, 0.15) is 0 Å². The zero-order chi connectivity index (χ0) is 14.4. The van der Waals surface area contributed by atoms with E-state index in [0.29, 0.717) is 6.54 Å². The van der Waals surface area contributed by atoms with Gasteiger partial charge in [0.2, 0.25) is 0 Å². The molecule has 106 valence electrons. The first-order valence-corrected chi connectivity index (χ1v) is 7.79. The summed E-state index contributed by atoms with van der Waals surface area (Å²) < 4.78 is 1.11. The summed E-state index contributed by atoms with van der Waals surface area (Å²) >= 11 is 9.34. The minimum atomic E-state index is 0.169. The Morgan fingerprint density at radius 1 is 1.05 bits per heavy atom. The van der Waals surface area contributed by atoms with Crippen LogP contribution in [0.3, 0.4) is 0 Å². The molecule has 0 heterocycles. The monoisotopic (exact) mass is 352 g/mol. The topological polar surface area (TPSA) is 38.0 Å². The van der Waals surface area contributed by atoms with Crippen LogP contribution in [0.25, 0.3) is 0 Å². The highest BCUT2D eigenvalue weighted by Gasteiger charge is 2.08. The van der Waals surface area contributed by atoms with Crippen LogP contribution in [0.15, 0.2) is 53.0 Å². The number of hydrogen-bond acceptors (Lipinski definition) is 2. The summed E-state index contributed by atoms with van der Waals surface area (Å²) in [5, 5.41) is 4.24. The normalized spacial score (nSPS) is 12.3. The highest BCUT2D eigenvalue weighted by atomic mass is 79.9. The molecule has 2 aromatic rings. The van der Waals surface area contributed by atoms with Crippen LogP contribution in [-0.4, -0.2) is 13.1 Å². The first kappa shape index (κ1) is 15.5. The molecule has 0 aromatic heterocycles. The second-order valence-corrected chi connectivity index (χ2v) is 6.02. The summed E-state index contributed by atoms with van der Waals surface area (Å²) in [6.45, 7) is 1.47. The van der Waals surface area contributed by atoms with Crippen LogP contribution in [0.4, 0.5) is 0 Å². The maximum Gasteiger partial charge on any atom is 0.0444 e. The molecule has 0 saturated carbocycles. The van der Waals surface area contributed by atoms with Crippen molar-refractivity contribution in [2.75, 3.05) is 13.1 Å². The highest BCUT2D eigenvalue weighted by molar-refractivity contribution is 9.10. The minimum absolute atomic E-state index is 0.169. The number of halogens is 2. The summed E-state index contributed by atoms with van der Waals surface area (Å²) in [5.41, 5.74) is 8.33. The van der Waals surface area contributed by atoms with Gasteiger partial charge in [-0.25, -0.2) is 0 Å². The Kier molecular flexibility index (Phi) is 6.05. The molecular weight excluding hydrogens is 336 g/mol. The number of nitrogens with one attached hydrogen (secondary N) is 1. The molecule has 20 heavy (non-hydrogen) atoms. The summed E-state index contributed by atoms with van der Waals surface area (Å²) in [5.74, 6) is 0. The quantitative estimate of drug-likeness (QED) is 0.825. The third kappa shape index (κ3) is 4.60. The van der Waals surface area contributed by atoms with Gasteiger partial charge < -0.3 is 11.1 Å². The summed E-state index contributed by atoms with van der Waals surface area (Å²) in [6.07, 6.45) is 0.984. The fourth-order valence-corrected chi connectivity index (χ4v) is 2.46. The van der Waals surface area contributed by atoms with Gasteiger partial charge >= 0.3 is 0 Å². The van der Waals surface area contributed by atoms with Crippen molar-refractivity contribution in [1.82, 2.24) is 5.32 Å². The van der Waals surface area contributed by atoms with E-state index in [-0.39, 0.29) is 6.04 Å². The van der Waals surface area contributed by atoms with Gasteiger partial charge in [0.25, 0.3) is 0 Å². The maximum absolute atomic E-state index is 5.90. The van der Waals surface area contributed by atoms with Gasteiger partial charge in [0, 0.05) is 22.1 Å². The molecule has 0 aliphatic rings. The van der Waals surface area contributed by atoms with Crippen LogP contribution in [0.1, 0.15) is 17.2 Å². The standard InChI is InChI=1S/C16H18BrClN2/c17-14-5-1-12(2-6-14)9-10-20-16(11-19)13-3-7-15(18)8-4-13/h1-8,16,20H,9-11,19H2. The van der Waals surface area contributed by atoms with Crippen molar-refractivity contribution in [2.24, 2.45) is 5.73 Å². The molecule has 0 radical (unpaired) electrons. The molecule has 0 bridgehead atoms. The lowest BCUT2D eigenvalue weighted by atomic mass is 10.1. The molecule has 0 aliphatic carbocycles. The molecule has 2 aromatic carbocycles. The molecule has 0 spiro atoms. The van der Waals surface area contributed by atoms with Crippen LogP contribution in [-0.2, 0) is 6.42 Å². The second-order valence-electron chi connectivity index (χ2n) is 4.67. The van der Waals surface area contributed by atoms with Gasteiger partial charge in [-0.3, -0.25) is 0 Å². The zero-order valence-corrected chi connectivity index (χ0v) is 13.5. The minimum Gasteiger partial charge on any atom is -0.329 e. The lowest BCUT2D eigenvalue weighted by Gasteiger charge is -2.17. The molecule has 0 aliphatic heterocycles. The van der Waals surface area contributed by atoms with Crippen molar-refractivity contribution < 1.29 is 0 Å². The fraction of sp³-hybridized carbons (Fsp3) is 0.250. The second kappa shape index (κ2) is 7.79. The van der Waals surface area contributed by atoms with Crippen molar-refractivity contribution in [2.45, 2.75) is 12.5 Å². The molecule has 0 saturated heterocycles. The SMILES string of the molecule is NCC(NCCc1ccc(Br)cc1)c1ccc(Cl)cc1. The van der Waals surface area contributed by atoms with E-state index in [1.165, 1.54) is 11.1 Å². The number of benzene rings is 2. The van der Waals surface area contributed by atoms with Crippen molar-refractivity contribution in [3.63, 3.8) is 0 Å². The molecule has 2 rings (SSSR count). The summed E-state index contributed by atoms with van der Waals surface area (Å²) in [7, 11) is 0. The van der Waals surface area contributed by atoms with E-state index in [9.17, 15) is 0 Å². The maximum atomic E-state index is 5.90. The lowest BCUT2D eigenvalue weighted by molar-refractivity contribution is 0.545. The van der Waals surface area contributed by atoms with E-state index in [4.69, 9.17) is 17.3 Å². The Morgan fingerprint density at radius 2 is 1.70 bits per heavy atom. The predicted octanol–water partition coefficient (Wildman–Crippen LogP) is 3.93. The molecule has 4 heteroatoms. The van der Waals surface area contributed by atoms with Crippen LogP contribution in [0.5, 0.6) is 0 Å². The molecule has 0 fully saturated rings. The van der Waals surface area contributed by atoms with Gasteiger partial charge in [0.05, 0.1) is 0 Å². The highest BCUT2D eigenvalue weighted by Crippen LogP contribution is 2.16. The Labute approximate surface area is 133 Å². The van der Waals surface area contributed by atoms with Gasteiger partial charge in [-0.05, 0) is 48.4 Å². The van der Waals surface area contributed by atoms with Gasteiger partial charge in [-0.1, -0.05) is 51.8 Å². The molecule has 0 amide bonds. The number of nitrogens with two attached hydrogens (primary N) is 1. The van der Waals surface area contributed by atoms with Gasteiger partial charge in [0.15, 0.2) is 0 Å². The zero-order valence-electron chi connectivity index (χ0n) is 11.2. The van der Waals surface area contributed by atoms with Crippen LogP contribution in [0.2, 0.25) is 5.02 Å². The lowest BCUT2D eigenvalue weighted by Crippen LogP contribution is -2.29. The fourth-order valence-electron chi connectivity index (χ4n) is 2.07. The molecule has 3 N–H and O–H groups in total. The third-order valence-corrected chi connectivity index (χ3v) is 4.01. The number of hydrogen-bond donors (Lipinski definition) is 2. The molecule has 2 nitrogen and oxygen atoms in total. The molecule has 1 unspecified atom stereocenters. The smallest absolute Gasteiger partial charge is 0.0444 e. The summed E-state index contributed by atoms with van der Waals surface area (Å²) in [6, 6.07) is 16.4. The van der Waals surface area contributed by atoms with E-state index in [2.05, 4.69) is 45.5 Å². The first-order chi connectivity index (χ1) is 9.69. The van der Waals surface area contributed by atoms with Crippen molar-refractivity contribution in [3.05, 3.63) is 69.2 Å². The van der Waals surface area contributed by atoms with E-state index >= 15 is 0 Å². The molecule has 1 atom stereocenters. The Morgan fingerprint density at radius 3 is 2.30 bits per heavy atom. The Bertz CT molecular complexity index is 525. The average Bonchev–Trinajstić information content (AvgIpc) is 2.47. The van der Waals surface area contributed by atoms with Gasteiger partial charge in [-0.15, -0.1) is 0 Å². The van der Waals surface area contributed by atoms with E-state index in [1.54, 1.807) is 0 Å². The average molecular weight is 354 g/mol. The largest absolute Gasteiger partial charge is 0.329 e. The van der Waals surface area contributed by atoms with E-state index in [1.807, 2.05) is 24.3 Å². The van der Waals surface area contributed by atoms with Crippen LogP contribution in [0, 0.1) is 0 Å². The first-order valence-electron chi connectivity index (χ1n) is 6.62. The van der Waals surface area contributed by atoms with Crippen LogP contribution >= 0.6 is 27.5 Å². The van der Waals surface area contributed by atoms with E-state index < -0.39 is 0 Å². The van der Waals surface area contributed by atoms with Crippen LogP contribution < -0.4 is 11.1 Å².